The first-order valence-corrected chi connectivity index (χ1v) is 19.5. The first-order valence-electron chi connectivity index (χ1n) is 18.7. The van der Waals surface area contributed by atoms with E-state index in [9.17, 15) is 0 Å². The van der Waals surface area contributed by atoms with E-state index < -0.39 is 0 Å². The van der Waals surface area contributed by atoms with Gasteiger partial charge < -0.3 is 9.32 Å². The third-order valence-electron chi connectivity index (χ3n) is 10.9. The van der Waals surface area contributed by atoms with E-state index in [0.29, 0.717) is 0 Å². The van der Waals surface area contributed by atoms with Crippen molar-refractivity contribution in [3.63, 3.8) is 0 Å². The largest absolute Gasteiger partial charge is 0.455 e. The maximum Gasteiger partial charge on any atom is 0.143 e. The summed E-state index contributed by atoms with van der Waals surface area (Å²) >= 11 is 1.86. The molecule has 3 heteroatoms. The fourth-order valence-corrected chi connectivity index (χ4v) is 9.33. The number of hydrogen-bond acceptors (Lipinski definition) is 3. The van der Waals surface area contributed by atoms with E-state index in [4.69, 9.17) is 4.42 Å². The zero-order valence-electron chi connectivity index (χ0n) is 29.8. The molecular weight excluding hydrogens is 687 g/mol. The Morgan fingerprint density at radius 1 is 0.364 bits per heavy atom. The van der Waals surface area contributed by atoms with Gasteiger partial charge in [-0.3, -0.25) is 0 Å². The highest BCUT2D eigenvalue weighted by molar-refractivity contribution is 7.25. The molecule has 0 saturated carbocycles. The van der Waals surface area contributed by atoms with Crippen LogP contribution in [0.3, 0.4) is 0 Å². The minimum atomic E-state index is 0.905. The molecule has 9 aromatic carbocycles. The Morgan fingerprint density at radius 2 is 1.00 bits per heavy atom. The molecule has 2 heterocycles. The number of benzene rings is 9. The Morgan fingerprint density at radius 3 is 1.82 bits per heavy atom. The third kappa shape index (κ3) is 5.40. The second-order valence-corrected chi connectivity index (χ2v) is 15.2. The molecular formula is C52H33NOS. The summed E-state index contributed by atoms with van der Waals surface area (Å²) in [5.41, 5.74) is 12.3. The van der Waals surface area contributed by atoms with Crippen LogP contribution in [0.2, 0.25) is 0 Å². The highest BCUT2D eigenvalue weighted by Crippen LogP contribution is 2.43. The molecule has 0 radical (unpaired) electrons. The molecule has 0 saturated heterocycles. The van der Waals surface area contributed by atoms with E-state index in [2.05, 4.69) is 205 Å². The molecule has 11 aromatic rings. The maximum absolute atomic E-state index is 6.42. The minimum Gasteiger partial charge on any atom is -0.455 e. The van der Waals surface area contributed by atoms with E-state index in [-0.39, 0.29) is 0 Å². The van der Waals surface area contributed by atoms with Gasteiger partial charge in [0.2, 0.25) is 0 Å². The van der Waals surface area contributed by atoms with E-state index in [0.717, 1.165) is 55.5 Å². The van der Waals surface area contributed by atoms with Crippen molar-refractivity contribution in [2.24, 2.45) is 0 Å². The summed E-state index contributed by atoms with van der Waals surface area (Å²) in [5.74, 6) is 0. The van der Waals surface area contributed by atoms with Crippen LogP contribution >= 0.6 is 11.3 Å². The second-order valence-electron chi connectivity index (χ2n) is 14.1. The Kier molecular flexibility index (Phi) is 7.39. The Bertz CT molecular complexity index is 3190. The lowest BCUT2D eigenvalue weighted by atomic mass is 9.98. The Hall–Kier alpha value is -6.94. The zero-order chi connectivity index (χ0) is 36.3. The van der Waals surface area contributed by atoms with Crippen LogP contribution in [-0.4, -0.2) is 0 Å². The highest BCUT2D eigenvalue weighted by atomic mass is 32.1. The van der Waals surface area contributed by atoms with Crippen LogP contribution in [0.25, 0.3) is 86.3 Å². The molecule has 2 aromatic heterocycles. The highest BCUT2D eigenvalue weighted by Gasteiger charge is 2.17. The van der Waals surface area contributed by atoms with Crippen LogP contribution in [0.1, 0.15) is 0 Å². The first-order chi connectivity index (χ1) is 27.2. The van der Waals surface area contributed by atoms with Gasteiger partial charge in [-0.15, -0.1) is 11.3 Å². The molecule has 0 atom stereocenters. The average molecular weight is 720 g/mol. The quantitative estimate of drug-likeness (QED) is 0.170. The molecule has 0 aliphatic rings. The molecule has 55 heavy (non-hydrogen) atoms. The summed E-state index contributed by atoms with van der Waals surface area (Å²) in [5, 5.41) is 7.23. The number of rotatable bonds is 6. The maximum atomic E-state index is 6.42. The van der Waals surface area contributed by atoms with Gasteiger partial charge in [0.05, 0.1) is 0 Å². The fourth-order valence-electron chi connectivity index (χ4n) is 8.20. The van der Waals surface area contributed by atoms with Crippen molar-refractivity contribution in [3.8, 4) is 33.4 Å². The predicted molar refractivity (Wildman–Crippen MR) is 235 cm³/mol. The van der Waals surface area contributed by atoms with Crippen LogP contribution < -0.4 is 4.90 Å². The van der Waals surface area contributed by atoms with E-state index >= 15 is 0 Å². The molecule has 0 N–H and O–H groups in total. The first kappa shape index (κ1) is 31.6. The van der Waals surface area contributed by atoms with Gasteiger partial charge in [-0.25, -0.2) is 0 Å². The summed E-state index contributed by atoms with van der Waals surface area (Å²) < 4.78 is 9.04. The predicted octanol–water partition coefficient (Wildman–Crippen LogP) is 15.6. The molecule has 11 rings (SSSR count). The lowest BCUT2D eigenvalue weighted by molar-refractivity contribution is 0.672. The van der Waals surface area contributed by atoms with Gasteiger partial charge in [0.25, 0.3) is 0 Å². The molecule has 258 valence electrons. The van der Waals surface area contributed by atoms with Gasteiger partial charge in [0.1, 0.15) is 11.2 Å². The molecule has 0 amide bonds. The number of furan rings is 1. The molecule has 0 unspecified atom stereocenters. The smallest absolute Gasteiger partial charge is 0.143 e. The topological polar surface area (TPSA) is 16.4 Å². The van der Waals surface area contributed by atoms with Crippen molar-refractivity contribution in [1.29, 1.82) is 0 Å². The monoisotopic (exact) mass is 719 g/mol. The number of nitrogens with zero attached hydrogens (tertiary/aromatic N) is 1. The van der Waals surface area contributed by atoms with Gasteiger partial charge in [0.15, 0.2) is 0 Å². The molecule has 2 nitrogen and oxygen atoms in total. The van der Waals surface area contributed by atoms with E-state index in [1.54, 1.807) is 0 Å². The van der Waals surface area contributed by atoms with Crippen LogP contribution in [0.4, 0.5) is 17.1 Å². The number of anilines is 3. The van der Waals surface area contributed by atoms with Crippen molar-refractivity contribution in [3.05, 3.63) is 200 Å². The standard InChI is InChI=1S/C52H33NOS/c1-2-10-34(11-3-1)35-20-26-40(27-21-35)53(42-14-8-13-39(32-42)43-17-9-19-50-51(43)46-16-6-7-18-49(46)55-50)41-28-22-36(23-29-41)38-25-31-48-47(33-38)45-30-24-37-12-4-5-15-44(37)52(45)54-48/h1-33H. The van der Waals surface area contributed by atoms with Crippen LogP contribution in [-0.2, 0) is 0 Å². The molecule has 0 aliphatic carbocycles. The number of fused-ring (bicyclic) bond motifs is 8. The van der Waals surface area contributed by atoms with Crippen molar-refractivity contribution in [2.75, 3.05) is 4.90 Å². The SMILES string of the molecule is c1ccc(-c2ccc(N(c3ccc(-c4ccc5oc6c7ccccc7ccc6c5c4)cc3)c3cccc(-c4cccc5sc6ccccc6c45)c3)cc2)cc1. The van der Waals surface area contributed by atoms with Crippen molar-refractivity contribution in [1.82, 2.24) is 0 Å². The Labute approximate surface area is 322 Å². The lowest BCUT2D eigenvalue weighted by Gasteiger charge is -2.26. The summed E-state index contributed by atoms with van der Waals surface area (Å²) in [7, 11) is 0. The van der Waals surface area contributed by atoms with Crippen LogP contribution in [0.5, 0.6) is 0 Å². The van der Waals surface area contributed by atoms with Gasteiger partial charge >= 0.3 is 0 Å². The number of hydrogen-bond donors (Lipinski definition) is 0. The summed E-state index contributed by atoms with van der Waals surface area (Å²) in [6.45, 7) is 0. The minimum absolute atomic E-state index is 0.905. The van der Waals surface area contributed by atoms with Gasteiger partial charge in [-0.05, 0) is 105 Å². The van der Waals surface area contributed by atoms with Crippen molar-refractivity contribution < 1.29 is 4.42 Å². The lowest BCUT2D eigenvalue weighted by Crippen LogP contribution is -2.10. The molecule has 0 fully saturated rings. The van der Waals surface area contributed by atoms with E-state index in [1.165, 1.54) is 47.8 Å². The average Bonchev–Trinajstić information content (AvgIpc) is 3.83. The normalized spacial score (nSPS) is 11.6. The van der Waals surface area contributed by atoms with Crippen molar-refractivity contribution >= 4 is 81.3 Å². The fraction of sp³-hybridized carbons (Fsp3) is 0. The Balaban J connectivity index is 1.01. The van der Waals surface area contributed by atoms with Crippen LogP contribution in [0, 0.1) is 0 Å². The van der Waals surface area contributed by atoms with Crippen molar-refractivity contribution in [2.45, 2.75) is 0 Å². The van der Waals surface area contributed by atoms with Gasteiger partial charge in [-0.2, -0.15) is 0 Å². The van der Waals surface area contributed by atoms with Gasteiger partial charge in [-0.1, -0.05) is 133 Å². The molecule has 0 aliphatic heterocycles. The third-order valence-corrected chi connectivity index (χ3v) is 12.0. The van der Waals surface area contributed by atoms with Gasteiger partial charge in [0, 0.05) is 53.4 Å². The summed E-state index contributed by atoms with van der Waals surface area (Å²) in [6.07, 6.45) is 0. The zero-order valence-corrected chi connectivity index (χ0v) is 30.6. The second kappa shape index (κ2) is 12.9. The molecule has 0 spiro atoms. The summed E-state index contributed by atoms with van der Waals surface area (Å²) in [6, 6.07) is 72.2. The molecule has 0 bridgehead atoms. The van der Waals surface area contributed by atoms with Crippen LogP contribution in [0.15, 0.2) is 205 Å². The summed E-state index contributed by atoms with van der Waals surface area (Å²) in [4.78, 5) is 2.37. The number of thiophene rings is 1. The van der Waals surface area contributed by atoms with E-state index in [1.807, 2.05) is 11.3 Å².